The monoisotopic (exact) mass is 441 g/mol. The Kier molecular flexibility index (Phi) is 15.9. The van der Waals surface area contributed by atoms with Crippen LogP contribution >= 0.6 is 0 Å². The van der Waals surface area contributed by atoms with Crippen LogP contribution in [0.2, 0.25) is 0 Å². The Morgan fingerprint density at radius 1 is 0.903 bits per heavy atom. The van der Waals surface area contributed by atoms with Crippen LogP contribution < -0.4 is 5.32 Å². The van der Waals surface area contributed by atoms with Crippen LogP contribution in [0.15, 0.2) is 0 Å². The minimum absolute atomic E-state index is 0.176. The molecular formula is C24H43NO6. The summed E-state index contributed by atoms with van der Waals surface area (Å²) in [6, 6.07) is -0.641. The Morgan fingerprint density at radius 2 is 1.42 bits per heavy atom. The normalized spacial score (nSPS) is 16.7. The van der Waals surface area contributed by atoms with E-state index in [1.807, 2.05) is 0 Å². The minimum Gasteiger partial charge on any atom is -0.463 e. The largest absolute Gasteiger partial charge is 0.463 e. The molecule has 1 saturated heterocycles. The van der Waals surface area contributed by atoms with E-state index >= 15 is 0 Å². The fraction of sp³-hybridized carbons (Fsp3) is 0.875. The van der Waals surface area contributed by atoms with Gasteiger partial charge in [-0.2, -0.15) is 0 Å². The Bertz CT molecular complexity index is 510. The van der Waals surface area contributed by atoms with Gasteiger partial charge in [-0.15, -0.1) is 0 Å². The average Bonchev–Trinajstić information content (AvgIpc) is 3.20. The van der Waals surface area contributed by atoms with Gasteiger partial charge in [-0.1, -0.05) is 84.0 Å². The van der Waals surface area contributed by atoms with Gasteiger partial charge in [-0.25, -0.2) is 4.79 Å². The van der Waals surface area contributed by atoms with Crippen LogP contribution in [0.4, 0.5) is 0 Å². The van der Waals surface area contributed by atoms with Gasteiger partial charge in [0.1, 0.15) is 25.4 Å². The van der Waals surface area contributed by atoms with E-state index in [-0.39, 0.29) is 25.1 Å². The summed E-state index contributed by atoms with van der Waals surface area (Å²) >= 11 is 0. The number of hydrogen-bond donors (Lipinski definition) is 2. The standard InChI is InChI=1S/C24H43NO6/c1-2-3-4-5-6-7-8-9-10-11-12-13-14-15-23(28)30-18-20(26)19-31-24(29)21-16-17-22(27)25-21/h20-21,26H,2-19H2,1H3,(H,25,27)/t20?,21-/m1/s1. The van der Waals surface area contributed by atoms with E-state index in [1.165, 1.54) is 64.2 Å². The second kappa shape index (κ2) is 18.0. The van der Waals surface area contributed by atoms with Crippen molar-refractivity contribution < 1.29 is 29.0 Å². The number of unbranched alkanes of at least 4 members (excludes halogenated alkanes) is 12. The molecule has 180 valence electrons. The molecule has 0 aromatic rings. The lowest BCUT2D eigenvalue weighted by Gasteiger charge is -2.14. The molecule has 1 amide bonds. The molecule has 0 radical (unpaired) electrons. The van der Waals surface area contributed by atoms with Gasteiger partial charge < -0.3 is 19.9 Å². The van der Waals surface area contributed by atoms with Crippen LogP contribution in [0, 0.1) is 0 Å². The van der Waals surface area contributed by atoms with Crippen LogP contribution in [-0.2, 0) is 23.9 Å². The molecule has 0 aromatic carbocycles. The van der Waals surface area contributed by atoms with Gasteiger partial charge in [-0.05, 0) is 12.8 Å². The molecule has 7 nitrogen and oxygen atoms in total. The number of ether oxygens (including phenoxy) is 2. The summed E-state index contributed by atoms with van der Waals surface area (Å²) in [4.78, 5) is 34.6. The molecule has 7 heteroatoms. The maximum Gasteiger partial charge on any atom is 0.328 e. The van der Waals surface area contributed by atoms with Gasteiger partial charge in [0.15, 0.2) is 0 Å². The number of hydrogen-bond acceptors (Lipinski definition) is 6. The summed E-state index contributed by atoms with van der Waals surface area (Å²) < 4.78 is 9.99. The number of carbonyl (C=O) groups excluding carboxylic acids is 3. The maximum absolute atomic E-state index is 11.7. The van der Waals surface area contributed by atoms with Gasteiger partial charge in [0.2, 0.25) is 5.91 Å². The van der Waals surface area contributed by atoms with E-state index in [0.29, 0.717) is 19.3 Å². The van der Waals surface area contributed by atoms with Crippen molar-refractivity contribution in [2.75, 3.05) is 13.2 Å². The second-order valence-electron chi connectivity index (χ2n) is 8.62. The van der Waals surface area contributed by atoms with Crippen LogP contribution in [-0.4, -0.2) is 48.3 Å². The molecule has 1 fully saturated rings. The SMILES string of the molecule is CCCCCCCCCCCCCCCC(=O)OCC(O)COC(=O)[C@H]1CCC(=O)N1. The smallest absolute Gasteiger partial charge is 0.328 e. The summed E-state index contributed by atoms with van der Waals surface area (Å²) in [6.45, 7) is 1.80. The minimum atomic E-state index is -1.06. The quantitative estimate of drug-likeness (QED) is 0.230. The lowest BCUT2D eigenvalue weighted by atomic mass is 10.0. The first-order chi connectivity index (χ1) is 15.0. The highest BCUT2D eigenvalue weighted by molar-refractivity contribution is 5.88. The highest BCUT2D eigenvalue weighted by Gasteiger charge is 2.28. The van der Waals surface area contributed by atoms with Crippen molar-refractivity contribution >= 4 is 17.8 Å². The summed E-state index contributed by atoms with van der Waals surface area (Å²) in [5, 5.41) is 12.3. The number of aliphatic hydroxyl groups is 1. The zero-order valence-electron chi connectivity index (χ0n) is 19.4. The molecule has 1 aliphatic heterocycles. The van der Waals surface area contributed by atoms with Crippen LogP contribution in [0.1, 0.15) is 110 Å². The van der Waals surface area contributed by atoms with Crippen molar-refractivity contribution in [3.63, 3.8) is 0 Å². The van der Waals surface area contributed by atoms with Crippen molar-refractivity contribution in [2.45, 2.75) is 122 Å². The topological polar surface area (TPSA) is 102 Å². The van der Waals surface area contributed by atoms with Crippen LogP contribution in [0.5, 0.6) is 0 Å². The van der Waals surface area contributed by atoms with E-state index in [2.05, 4.69) is 12.2 Å². The highest BCUT2D eigenvalue weighted by Crippen LogP contribution is 2.13. The first-order valence-electron chi connectivity index (χ1n) is 12.3. The Morgan fingerprint density at radius 3 is 1.94 bits per heavy atom. The van der Waals surface area contributed by atoms with Crippen LogP contribution in [0.3, 0.4) is 0 Å². The van der Waals surface area contributed by atoms with Crippen molar-refractivity contribution in [1.29, 1.82) is 0 Å². The fourth-order valence-corrected chi connectivity index (χ4v) is 3.67. The third kappa shape index (κ3) is 14.9. The Labute approximate surface area is 187 Å². The number of amides is 1. The molecule has 1 rings (SSSR count). The third-order valence-corrected chi connectivity index (χ3v) is 5.62. The molecule has 1 aliphatic rings. The van der Waals surface area contributed by atoms with Gasteiger partial charge in [-0.3, -0.25) is 9.59 Å². The lowest BCUT2D eigenvalue weighted by molar-refractivity contribution is -0.154. The zero-order chi connectivity index (χ0) is 22.7. The molecule has 2 atom stereocenters. The molecule has 2 N–H and O–H groups in total. The van der Waals surface area contributed by atoms with Gasteiger partial charge in [0.05, 0.1) is 0 Å². The molecule has 0 spiro atoms. The summed E-state index contributed by atoms with van der Waals surface area (Å²) in [5.74, 6) is -1.08. The van der Waals surface area contributed by atoms with Crippen molar-refractivity contribution in [2.24, 2.45) is 0 Å². The van der Waals surface area contributed by atoms with Gasteiger partial charge >= 0.3 is 11.9 Å². The highest BCUT2D eigenvalue weighted by atomic mass is 16.6. The van der Waals surface area contributed by atoms with Crippen molar-refractivity contribution in [3.05, 3.63) is 0 Å². The predicted molar refractivity (Wildman–Crippen MR) is 119 cm³/mol. The molecule has 0 aliphatic carbocycles. The van der Waals surface area contributed by atoms with Gasteiger partial charge in [0, 0.05) is 12.8 Å². The van der Waals surface area contributed by atoms with Crippen LogP contribution in [0.25, 0.3) is 0 Å². The van der Waals surface area contributed by atoms with Crippen molar-refractivity contribution in [1.82, 2.24) is 5.32 Å². The summed E-state index contributed by atoms with van der Waals surface area (Å²) in [6.07, 6.45) is 16.3. The third-order valence-electron chi connectivity index (χ3n) is 5.62. The first-order valence-corrected chi connectivity index (χ1v) is 12.3. The van der Waals surface area contributed by atoms with E-state index in [1.54, 1.807) is 0 Å². The van der Waals surface area contributed by atoms with E-state index in [9.17, 15) is 19.5 Å². The van der Waals surface area contributed by atoms with Gasteiger partial charge in [0.25, 0.3) is 0 Å². The second-order valence-corrected chi connectivity index (χ2v) is 8.62. The number of esters is 2. The predicted octanol–water partition coefficient (Wildman–Crippen LogP) is 4.19. The fourth-order valence-electron chi connectivity index (χ4n) is 3.67. The van der Waals surface area contributed by atoms with E-state index in [0.717, 1.165) is 19.3 Å². The first kappa shape index (κ1) is 27.4. The number of carbonyl (C=O) groups is 3. The zero-order valence-corrected chi connectivity index (χ0v) is 19.4. The lowest BCUT2D eigenvalue weighted by Crippen LogP contribution is -2.36. The molecule has 31 heavy (non-hydrogen) atoms. The molecule has 0 bridgehead atoms. The molecule has 1 heterocycles. The number of aliphatic hydroxyl groups excluding tert-OH is 1. The van der Waals surface area contributed by atoms with E-state index in [4.69, 9.17) is 9.47 Å². The molecule has 1 unspecified atom stereocenters. The average molecular weight is 442 g/mol. The Hall–Kier alpha value is -1.63. The van der Waals surface area contributed by atoms with E-state index < -0.39 is 18.1 Å². The maximum atomic E-state index is 11.7. The number of rotatable bonds is 19. The summed E-state index contributed by atoms with van der Waals surface area (Å²) in [7, 11) is 0. The summed E-state index contributed by atoms with van der Waals surface area (Å²) in [5.41, 5.74) is 0. The molecular weight excluding hydrogens is 398 g/mol. The van der Waals surface area contributed by atoms with Crippen molar-refractivity contribution in [3.8, 4) is 0 Å². The Balaban J connectivity index is 1.86. The molecule has 0 saturated carbocycles. The molecule has 0 aromatic heterocycles. The number of nitrogens with one attached hydrogen (secondary N) is 1.